The highest BCUT2D eigenvalue weighted by Gasteiger charge is 2.06. The van der Waals surface area contributed by atoms with Crippen molar-refractivity contribution in [1.82, 2.24) is 4.98 Å². The van der Waals surface area contributed by atoms with Gasteiger partial charge in [-0.25, -0.2) is 0 Å². The zero-order valence-corrected chi connectivity index (χ0v) is 11.2. The summed E-state index contributed by atoms with van der Waals surface area (Å²) in [7, 11) is 0. The Morgan fingerprint density at radius 1 is 1.26 bits per heavy atom. The zero-order chi connectivity index (χ0) is 13.7. The number of aliphatic carboxylic acids is 1. The van der Waals surface area contributed by atoms with Gasteiger partial charge in [-0.2, -0.15) is 0 Å². The van der Waals surface area contributed by atoms with Crippen LogP contribution in [0.2, 0.25) is 0 Å². The first-order chi connectivity index (χ1) is 9.20. The van der Waals surface area contributed by atoms with Gasteiger partial charge < -0.3 is 5.11 Å². The van der Waals surface area contributed by atoms with Crippen molar-refractivity contribution in [2.75, 3.05) is 0 Å². The Balaban J connectivity index is 2.31. The van der Waals surface area contributed by atoms with E-state index in [1.54, 1.807) is 6.20 Å². The number of pyridine rings is 1. The molecular weight excluding hydrogens is 238 g/mol. The van der Waals surface area contributed by atoms with E-state index in [-0.39, 0.29) is 6.42 Å². The first-order valence-corrected chi connectivity index (χ1v) is 6.79. The zero-order valence-electron chi connectivity index (χ0n) is 11.2. The first-order valence-electron chi connectivity index (χ1n) is 6.79. The summed E-state index contributed by atoms with van der Waals surface area (Å²) in [4.78, 5) is 15.0. The fraction of sp³-hybridized carbons (Fsp3) is 0.375. The van der Waals surface area contributed by atoms with Crippen LogP contribution in [-0.4, -0.2) is 16.1 Å². The number of hydrogen-bond donors (Lipinski definition) is 1. The minimum absolute atomic E-state index is 0.130. The van der Waals surface area contributed by atoms with Crippen molar-refractivity contribution < 1.29 is 9.90 Å². The molecule has 0 spiro atoms. The molecule has 0 atom stereocenters. The maximum atomic E-state index is 10.7. The number of nitrogens with zero attached hydrogens (tertiary/aromatic N) is 1. The topological polar surface area (TPSA) is 50.2 Å². The lowest BCUT2D eigenvalue weighted by atomic mass is 10.0. The van der Waals surface area contributed by atoms with Crippen LogP contribution in [0.3, 0.4) is 0 Å². The van der Waals surface area contributed by atoms with Gasteiger partial charge in [0.1, 0.15) is 0 Å². The molecule has 0 bridgehead atoms. The van der Waals surface area contributed by atoms with E-state index in [1.165, 1.54) is 18.4 Å². The number of carboxylic acids is 1. The van der Waals surface area contributed by atoms with Crippen molar-refractivity contribution in [3.05, 3.63) is 41.7 Å². The van der Waals surface area contributed by atoms with Crippen molar-refractivity contribution in [3.8, 4) is 0 Å². The predicted octanol–water partition coefficient (Wildman–Crippen LogP) is 3.59. The summed E-state index contributed by atoms with van der Waals surface area (Å²) in [6.07, 6.45) is 5.80. The monoisotopic (exact) mass is 257 g/mol. The maximum absolute atomic E-state index is 10.7. The molecule has 3 heteroatoms. The quantitative estimate of drug-likeness (QED) is 0.860. The molecule has 0 saturated carbocycles. The molecule has 0 radical (unpaired) electrons. The number of carboxylic acid groups (broad SMARTS) is 1. The Hall–Kier alpha value is -1.90. The molecule has 0 saturated heterocycles. The van der Waals surface area contributed by atoms with Gasteiger partial charge in [0.2, 0.25) is 0 Å². The first kappa shape index (κ1) is 13.5. The molecule has 1 aromatic carbocycles. The Morgan fingerprint density at radius 2 is 2.11 bits per heavy atom. The van der Waals surface area contributed by atoms with Crippen molar-refractivity contribution in [1.29, 1.82) is 0 Å². The van der Waals surface area contributed by atoms with Crippen LogP contribution in [0.25, 0.3) is 10.8 Å². The molecule has 2 aromatic rings. The lowest BCUT2D eigenvalue weighted by Gasteiger charge is -2.07. The van der Waals surface area contributed by atoms with Crippen molar-refractivity contribution in [3.63, 3.8) is 0 Å². The third-order valence-electron chi connectivity index (χ3n) is 3.31. The van der Waals surface area contributed by atoms with Gasteiger partial charge in [0, 0.05) is 23.7 Å². The second-order valence-electron chi connectivity index (χ2n) is 4.81. The SMILES string of the molecule is CCCCc1ccc2ccnc(CCC(=O)O)c2c1. The molecule has 1 N–H and O–H groups in total. The number of fused-ring (bicyclic) bond motifs is 1. The van der Waals surface area contributed by atoms with Crippen molar-refractivity contribution in [2.24, 2.45) is 0 Å². The summed E-state index contributed by atoms with van der Waals surface area (Å²) < 4.78 is 0. The molecule has 0 amide bonds. The second-order valence-corrected chi connectivity index (χ2v) is 4.81. The van der Waals surface area contributed by atoms with Crippen LogP contribution in [0, 0.1) is 0 Å². The van der Waals surface area contributed by atoms with E-state index in [9.17, 15) is 4.79 Å². The number of rotatable bonds is 6. The molecule has 0 aliphatic rings. The molecule has 19 heavy (non-hydrogen) atoms. The van der Waals surface area contributed by atoms with E-state index >= 15 is 0 Å². The van der Waals surface area contributed by atoms with Crippen LogP contribution in [0.4, 0.5) is 0 Å². The minimum Gasteiger partial charge on any atom is -0.481 e. The smallest absolute Gasteiger partial charge is 0.303 e. The summed E-state index contributed by atoms with van der Waals surface area (Å²) in [6.45, 7) is 2.18. The number of aryl methyl sites for hydroxylation is 2. The average molecular weight is 257 g/mol. The highest BCUT2D eigenvalue weighted by atomic mass is 16.4. The van der Waals surface area contributed by atoms with Gasteiger partial charge in [0.15, 0.2) is 0 Å². The molecule has 0 fully saturated rings. The molecule has 0 aliphatic carbocycles. The number of unbranched alkanes of at least 4 members (excludes halogenated alkanes) is 1. The average Bonchev–Trinajstić information content (AvgIpc) is 2.42. The molecule has 0 unspecified atom stereocenters. The fourth-order valence-electron chi connectivity index (χ4n) is 2.24. The van der Waals surface area contributed by atoms with Gasteiger partial charge in [0.25, 0.3) is 0 Å². The Kier molecular flexibility index (Phi) is 4.50. The van der Waals surface area contributed by atoms with Gasteiger partial charge in [-0.05, 0) is 35.9 Å². The van der Waals surface area contributed by atoms with Gasteiger partial charge in [0.05, 0.1) is 6.42 Å². The summed E-state index contributed by atoms with van der Waals surface area (Å²) in [5.41, 5.74) is 2.19. The number of hydrogen-bond acceptors (Lipinski definition) is 2. The van der Waals surface area contributed by atoms with E-state index in [2.05, 4.69) is 30.1 Å². The Labute approximate surface area is 113 Å². The summed E-state index contributed by atoms with van der Waals surface area (Å²) in [5, 5.41) is 11.0. The number of carbonyl (C=O) groups is 1. The fourth-order valence-corrected chi connectivity index (χ4v) is 2.24. The van der Waals surface area contributed by atoms with Crippen LogP contribution in [0.5, 0.6) is 0 Å². The van der Waals surface area contributed by atoms with Crippen LogP contribution >= 0.6 is 0 Å². The normalized spacial score (nSPS) is 10.8. The van der Waals surface area contributed by atoms with Crippen LogP contribution in [0.1, 0.15) is 37.4 Å². The van der Waals surface area contributed by atoms with Crippen molar-refractivity contribution >= 4 is 16.7 Å². The predicted molar refractivity (Wildman–Crippen MR) is 76.3 cm³/mol. The van der Waals surface area contributed by atoms with E-state index in [0.717, 1.165) is 22.9 Å². The molecule has 3 nitrogen and oxygen atoms in total. The van der Waals surface area contributed by atoms with Gasteiger partial charge in [-0.3, -0.25) is 9.78 Å². The summed E-state index contributed by atoms with van der Waals surface area (Å²) in [6, 6.07) is 8.39. The highest BCUT2D eigenvalue weighted by molar-refractivity contribution is 5.85. The maximum Gasteiger partial charge on any atom is 0.303 e. The standard InChI is InChI=1S/C16H19NO2/c1-2-3-4-12-5-6-13-9-10-17-15(14(13)11-12)7-8-16(18)19/h5-6,9-11H,2-4,7-8H2,1H3,(H,18,19). The molecule has 1 heterocycles. The van der Waals surface area contributed by atoms with Gasteiger partial charge >= 0.3 is 5.97 Å². The Bertz CT molecular complexity index is 578. The second kappa shape index (κ2) is 6.32. The Morgan fingerprint density at radius 3 is 2.84 bits per heavy atom. The van der Waals surface area contributed by atoms with E-state index in [0.29, 0.717) is 6.42 Å². The van der Waals surface area contributed by atoms with Crippen LogP contribution in [0.15, 0.2) is 30.5 Å². The van der Waals surface area contributed by atoms with E-state index in [4.69, 9.17) is 5.11 Å². The lowest BCUT2D eigenvalue weighted by molar-refractivity contribution is -0.136. The molecule has 2 rings (SSSR count). The highest BCUT2D eigenvalue weighted by Crippen LogP contribution is 2.21. The number of aromatic nitrogens is 1. The molecule has 100 valence electrons. The number of benzene rings is 1. The molecular formula is C16H19NO2. The molecule has 1 aromatic heterocycles. The van der Waals surface area contributed by atoms with Gasteiger partial charge in [-0.1, -0.05) is 25.5 Å². The largest absolute Gasteiger partial charge is 0.481 e. The van der Waals surface area contributed by atoms with Gasteiger partial charge in [-0.15, -0.1) is 0 Å². The van der Waals surface area contributed by atoms with Crippen LogP contribution < -0.4 is 0 Å². The molecule has 0 aliphatic heterocycles. The summed E-state index contributed by atoms with van der Waals surface area (Å²) >= 11 is 0. The lowest BCUT2D eigenvalue weighted by Crippen LogP contribution is -2.00. The van der Waals surface area contributed by atoms with E-state index in [1.807, 2.05) is 6.07 Å². The van der Waals surface area contributed by atoms with Crippen LogP contribution in [-0.2, 0) is 17.6 Å². The van der Waals surface area contributed by atoms with Crippen molar-refractivity contribution in [2.45, 2.75) is 39.0 Å². The third-order valence-corrected chi connectivity index (χ3v) is 3.31. The summed E-state index contributed by atoms with van der Waals surface area (Å²) in [5.74, 6) is -0.777. The third kappa shape index (κ3) is 3.53. The van der Waals surface area contributed by atoms with E-state index < -0.39 is 5.97 Å². The minimum atomic E-state index is -0.777.